The van der Waals surface area contributed by atoms with Gasteiger partial charge >= 0.3 is 0 Å². The van der Waals surface area contributed by atoms with E-state index in [-0.39, 0.29) is 39.6 Å². The number of pyridine rings is 1. The number of sulfone groups is 1. The van der Waals surface area contributed by atoms with Crippen molar-refractivity contribution in [2.75, 3.05) is 11.1 Å². The molecule has 0 unspecified atom stereocenters. The zero-order chi connectivity index (χ0) is 43.5. The lowest BCUT2D eigenvalue weighted by atomic mass is 9.80. The Morgan fingerprint density at radius 3 is 1.88 bits per heavy atom. The zero-order valence-electron chi connectivity index (χ0n) is 30.3. The lowest BCUT2D eigenvalue weighted by molar-refractivity contribution is 0.0980. The van der Waals surface area contributed by atoms with Gasteiger partial charge in [0.25, 0.3) is 35.9 Å². The van der Waals surface area contributed by atoms with E-state index in [9.17, 15) is 66.5 Å². The molecule has 5 N–H and O–H groups in total. The Kier molecular flexibility index (Phi) is 10.6. The van der Waals surface area contributed by atoms with E-state index >= 15 is 0 Å². The highest BCUT2D eigenvalue weighted by Gasteiger charge is 2.36. The second kappa shape index (κ2) is 15.1. The minimum Gasteiger partial charge on any atom is -0.354 e. The van der Waals surface area contributed by atoms with Crippen molar-refractivity contribution >= 4 is 79.8 Å². The van der Waals surface area contributed by atoms with Crippen LogP contribution in [0.25, 0.3) is 22.0 Å². The van der Waals surface area contributed by atoms with Crippen molar-refractivity contribution in [3.8, 4) is 11.1 Å². The Balaban J connectivity index is 1.37. The Bertz CT molecular complexity index is 3380. The number of ketones is 3. The van der Waals surface area contributed by atoms with Crippen molar-refractivity contribution in [3.05, 3.63) is 141 Å². The highest BCUT2D eigenvalue weighted by Crippen LogP contribution is 2.46. The van der Waals surface area contributed by atoms with Crippen LogP contribution >= 0.6 is 0 Å². The molecule has 17 nitrogen and oxygen atoms in total. The van der Waals surface area contributed by atoms with Crippen molar-refractivity contribution in [2.45, 2.75) is 32.4 Å². The lowest BCUT2D eigenvalue weighted by Gasteiger charge is -2.25. The van der Waals surface area contributed by atoms with Gasteiger partial charge in [-0.2, -0.15) is 25.3 Å². The topological polar surface area (TPSA) is 293 Å². The van der Waals surface area contributed by atoms with Gasteiger partial charge in [0.2, 0.25) is 0 Å². The molecule has 0 aliphatic heterocycles. The van der Waals surface area contributed by atoms with Crippen LogP contribution < -0.4 is 10.9 Å². The van der Waals surface area contributed by atoms with Gasteiger partial charge in [0, 0.05) is 34.1 Å². The average Bonchev–Trinajstić information content (AvgIpc) is 3.18. The fraction of sp³-hybridized carbons (Fsp3) is 0.0769. The van der Waals surface area contributed by atoms with E-state index in [2.05, 4.69) is 10.3 Å². The molecule has 308 valence electrons. The summed E-state index contributed by atoms with van der Waals surface area (Å²) in [6.07, 6.45) is -0.741. The van der Waals surface area contributed by atoms with Gasteiger partial charge in [-0.15, -0.1) is 0 Å². The molecule has 1 heterocycles. The number of aromatic amines is 1. The van der Waals surface area contributed by atoms with E-state index in [1.807, 2.05) is 0 Å². The van der Waals surface area contributed by atoms with Gasteiger partial charge in [0.15, 0.2) is 27.2 Å². The molecule has 0 amide bonds. The van der Waals surface area contributed by atoms with Gasteiger partial charge < -0.3 is 10.3 Å². The number of carbonyl (C=O) groups excluding carboxylic acids is 3. The maximum Gasteiger partial charge on any atom is 0.296 e. The average molecular weight is 893 g/mol. The van der Waals surface area contributed by atoms with E-state index in [0.29, 0.717) is 12.1 Å². The Morgan fingerprint density at radius 1 is 0.600 bits per heavy atom. The van der Waals surface area contributed by atoms with Crippen LogP contribution in [0.3, 0.4) is 0 Å². The number of H-pyrrole nitrogens is 1. The van der Waals surface area contributed by atoms with Gasteiger partial charge in [0.05, 0.1) is 43.6 Å². The first-order valence-corrected chi connectivity index (χ1v) is 23.3. The lowest BCUT2D eigenvalue weighted by Crippen LogP contribution is -2.25. The SMILES string of the molecule is O=C(CCCS(=O)(=O)c1ccc(S(=O)(=O)O)c(Nc2cc(S(=O)(=O)O)c3[nH]c(=O)c(C(=O)c4ccccc4)c4c3c2C(=O)c2ccccc2-4)c1)c1cccc(S(=O)(=O)O)c1. The van der Waals surface area contributed by atoms with Crippen molar-refractivity contribution < 1.29 is 61.7 Å². The molecule has 60 heavy (non-hydrogen) atoms. The number of rotatable bonds is 13. The van der Waals surface area contributed by atoms with Crippen molar-refractivity contribution in [2.24, 2.45) is 0 Å². The minimum atomic E-state index is -5.32. The van der Waals surface area contributed by atoms with Crippen molar-refractivity contribution in [1.82, 2.24) is 4.98 Å². The number of carbonyl (C=O) groups is 3. The Hall–Kier alpha value is -6.20. The number of benzene rings is 5. The molecule has 0 atom stereocenters. The van der Waals surface area contributed by atoms with Crippen LogP contribution in [0.5, 0.6) is 0 Å². The maximum atomic E-state index is 14.4. The first-order valence-electron chi connectivity index (χ1n) is 17.3. The molecule has 0 saturated carbocycles. The molecular weight excluding hydrogens is 865 g/mol. The van der Waals surface area contributed by atoms with Gasteiger partial charge in [-0.3, -0.25) is 32.8 Å². The zero-order valence-corrected chi connectivity index (χ0v) is 33.6. The Labute approximate surface area is 340 Å². The molecule has 21 heteroatoms. The summed E-state index contributed by atoms with van der Waals surface area (Å²) in [5.74, 6) is -3.04. The van der Waals surface area contributed by atoms with Crippen LogP contribution in [-0.4, -0.2) is 75.4 Å². The maximum absolute atomic E-state index is 14.4. The van der Waals surface area contributed by atoms with Crippen LogP contribution in [-0.2, 0) is 40.2 Å². The van der Waals surface area contributed by atoms with Crippen LogP contribution in [0.4, 0.5) is 11.4 Å². The third-order valence-electron chi connectivity index (χ3n) is 9.59. The monoisotopic (exact) mass is 892 g/mol. The third kappa shape index (κ3) is 7.81. The fourth-order valence-electron chi connectivity index (χ4n) is 6.92. The molecule has 1 aliphatic rings. The summed E-state index contributed by atoms with van der Waals surface area (Å²) in [4.78, 5) is 54.2. The predicted molar refractivity (Wildman–Crippen MR) is 215 cm³/mol. The van der Waals surface area contributed by atoms with Gasteiger partial charge in [-0.05, 0) is 48.4 Å². The van der Waals surface area contributed by atoms with Crippen LogP contribution in [0.2, 0.25) is 0 Å². The summed E-state index contributed by atoms with van der Waals surface area (Å²) < 4.78 is 131. The molecule has 1 aromatic heterocycles. The smallest absolute Gasteiger partial charge is 0.296 e. The number of fused-ring (bicyclic) bond motifs is 2. The van der Waals surface area contributed by atoms with Crippen LogP contribution in [0.15, 0.2) is 128 Å². The second-order valence-electron chi connectivity index (χ2n) is 13.4. The molecule has 0 radical (unpaired) electrons. The number of nitrogens with one attached hydrogen (secondary N) is 2. The van der Waals surface area contributed by atoms with Gasteiger partial charge in [0.1, 0.15) is 9.79 Å². The van der Waals surface area contributed by atoms with E-state index in [0.717, 1.165) is 24.3 Å². The molecule has 7 rings (SSSR count). The molecule has 1 aliphatic carbocycles. The summed E-state index contributed by atoms with van der Waals surface area (Å²) in [6, 6.07) is 20.7. The summed E-state index contributed by atoms with van der Waals surface area (Å²) >= 11 is 0. The molecule has 5 aromatic carbocycles. The number of hydrogen-bond donors (Lipinski definition) is 5. The molecule has 6 aromatic rings. The van der Waals surface area contributed by atoms with Crippen LogP contribution in [0.1, 0.15) is 55.0 Å². The van der Waals surface area contributed by atoms with Crippen LogP contribution in [0, 0.1) is 0 Å². The standard InChI is InChI=1S/C39H28N2O15S4/c42-29(22-10-6-11-24(18-22)58(48,49)50)14-7-17-57(46,47)23-15-16-30(59(51,52)53)27(19-23)40-28-20-31(60(54,55)56)36-34-32(25-12-4-5-13-26(25)38(44)33(28)34)35(39(45)41-36)37(43)21-8-2-1-3-9-21/h1-6,8-13,15-16,18-20,40H,7,14,17H2,(H,41,45)(H,48,49,50)(H,51,52,53)(H,54,55,56). The van der Waals surface area contributed by atoms with Crippen molar-refractivity contribution in [3.63, 3.8) is 0 Å². The Morgan fingerprint density at radius 2 is 1.23 bits per heavy atom. The minimum absolute atomic E-state index is 0.0418. The number of Topliss-reactive ketones (excluding diaryl/α,β-unsaturated/α-hetero) is 1. The molecule has 0 bridgehead atoms. The first-order chi connectivity index (χ1) is 28.1. The highest BCUT2D eigenvalue weighted by atomic mass is 32.2. The third-order valence-corrected chi connectivity index (χ3v) is 14.0. The van der Waals surface area contributed by atoms with E-state index < -0.39 is 123 Å². The predicted octanol–water partition coefficient (Wildman–Crippen LogP) is 4.89. The number of hydrogen-bond acceptors (Lipinski definition) is 13. The second-order valence-corrected chi connectivity index (χ2v) is 19.7. The van der Waals surface area contributed by atoms with E-state index in [4.69, 9.17) is 0 Å². The summed E-state index contributed by atoms with van der Waals surface area (Å²) in [5.41, 5.74) is -4.19. The van der Waals surface area contributed by atoms with Crippen molar-refractivity contribution in [1.29, 1.82) is 0 Å². The van der Waals surface area contributed by atoms with Gasteiger partial charge in [-0.1, -0.05) is 66.7 Å². The molecule has 0 saturated heterocycles. The first kappa shape index (κ1) is 41.9. The highest BCUT2D eigenvalue weighted by molar-refractivity contribution is 7.91. The molecule has 0 fully saturated rings. The largest absolute Gasteiger partial charge is 0.354 e. The normalized spacial score (nSPS) is 12.9. The summed E-state index contributed by atoms with van der Waals surface area (Å²) in [5, 5.41) is 2.20. The number of aromatic nitrogens is 1. The fourth-order valence-corrected chi connectivity index (χ4v) is 10.1. The molecule has 0 spiro atoms. The summed E-state index contributed by atoms with van der Waals surface area (Å²) in [7, 11) is -19.6. The number of anilines is 2. The van der Waals surface area contributed by atoms with E-state index in [1.165, 1.54) is 60.7 Å². The van der Waals surface area contributed by atoms with E-state index in [1.54, 1.807) is 6.07 Å². The van der Waals surface area contributed by atoms with Gasteiger partial charge in [-0.25, -0.2) is 8.42 Å². The summed E-state index contributed by atoms with van der Waals surface area (Å²) in [6.45, 7) is 0. The quantitative estimate of drug-likeness (QED) is 0.0760. The molecular formula is C39H28N2O15S4.